The summed E-state index contributed by atoms with van der Waals surface area (Å²) in [5, 5.41) is 3.88. The predicted octanol–water partition coefficient (Wildman–Crippen LogP) is 1.81. The van der Waals surface area contributed by atoms with Gasteiger partial charge in [-0.05, 0) is 30.5 Å². The summed E-state index contributed by atoms with van der Waals surface area (Å²) in [5.74, 6) is -0.415. The molecule has 2 heterocycles. The Labute approximate surface area is 135 Å². The van der Waals surface area contributed by atoms with E-state index in [2.05, 4.69) is 28.2 Å². The quantitative estimate of drug-likeness (QED) is 0.879. The number of urea groups is 1. The van der Waals surface area contributed by atoms with Crippen LogP contribution in [0.2, 0.25) is 0 Å². The van der Waals surface area contributed by atoms with Crippen molar-refractivity contribution < 1.29 is 14.3 Å². The zero-order chi connectivity index (χ0) is 16.4. The van der Waals surface area contributed by atoms with E-state index in [1.54, 1.807) is 11.8 Å². The van der Waals surface area contributed by atoms with Crippen molar-refractivity contribution in [2.45, 2.75) is 19.9 Å². The molecular formula is C17H21N3O3. The maximum atomic E-state index is 12.3. The summed E-state index contributed by atoms with van der Waals surface area (Å²) in [6.07, 6.45) is 2.94. The van der Waals surface area contributed by atoms with Gasteiger partial charge in [0.1, 0.15) is 6.54 Å². The average Bonchev–Trinajstić information content (AvgIpc) is 2.75. The fraction of sp³-hybridized carbons (Fsp3) is 0.412. The van der Waals surface area contributed by atoms with E-state index in [1.165, 1.54) is 16.5 Å². The summed E-state index contributed by atoms with van der Waals surface area (Å²) in [6, 6.07) is 5.94. The van der Waals surface area contributed by atoms with E-state index >= 15 is 0 Å². The lowest BCUT2D eigenvalue weighted by Crippen LogP contribution is -2.42. The highest BCUT2D eigenvalue weighted by Crippen LogP contribution is 2.28. The fourth-order valence-corrected chi connectivity index (χ4v) is 3.13. The Hall–Kier alpha value is -2.50. The smallest absolute Gasteiger partial charge is 0.325 e. The minimum absolute atomic E-state index is 0.0957. The van der Waals surface area contributed by atoms with E-state index in [0.717, 1.165) is 12.0 Å². The minimum Gasteiger partial charge on any atom is -0.465 e. The predicted molar refractivity (Wildman–Crippen MR) is 87.1 cm³/mol. The number of carbonyl (C=O) groups excluding carboxylic acids is 2. The molecule has 0 aliphatic carbocycles. The maximum Gasteiger partial charge on any atom is 0.325 e. The number of aryl methyl sites for hydroxylation is 1. The average molecular weight is 315 g/mol. The van der Waals surface area contributed by atoms with Gasteiger partial charge in [-0.1, -0.05) is 12.1 Å². The molecule has 0 saturated carbocycles. The van der Waals surface area contributed by atoms with Crippen LogP contribution in [0.1, 0.15) is 18.1 Å². The van der Waals surface area contributed by atoms with E-state index in [0.29, 0.717) is 19.7 Å². The molecule has 0 spiro atoms. The standard InChI is InChI=1S/C17H21N3O3/c1-3-23-15(21)9-18-17(22)20-8-7-13-10-19(2)14-6-4-5-12(11-20)16(13)14/h4-6,10H,3,7-9,11H2,1-2H3,(H,18,22). The number of rotatable bonds is 3. The van der Waals surface area contributed by atoms with E-state index in [9.17, 15) is 9.59 Å². The molecule has 0 atom stereocenters. The summed E-state index contributed by atoms with van der Waals surface area (Å²) < 4.78 is 6.96. The molecule has 23 heavy (non-hydrogen) atoms. The van der Waals surface area contributed by atoms with Crippen LogP contribution < -0.4 is 5.32 Å². The highest BCUT2D eigenvalue weighted by atomic mass is 16.5. The van der Waals surface area contributed by atoms with Gasteiger partial charge in [-0.15, -0.1) is 0 Å². The molecule has 1 aromatic heterocycles. The van der Waals surface area contributed by atoms with Crippen LogP contribution in [0.4, 0.5) is 4.79 Å². The van der Waals surface area contributed by atoms with Crippen LogP contribution in [0, 0.1) is 0 Å². The van der Waals surface area contributed by atoms with Gasteiger partial charge in [-0.3, -0.25) is 4.79 Å². The lowest BCUT2D eigenvalue weighted by molar-refractivity contribution is -0.141. The van der Waals surface area contributed by atoms with Gasteiger partial charge in [0.25, 0.3) is 0 Å². The first-order chi connectivity index (χ1) is 11.1. The Balaban J connectivity index is 1.75. The van der Waals surface area contributed by atoms with Crippen LogP contribution in [-0.4, -0.2) is 41.2 Å². The van der Waals surface area contributed by atoms with Gasteiger partial charge in [0, 0.05) is 37.2 Å². The Morgan fingerprint density at radius 2 is 2.13 bits per heavy atom. The third kappa shape index (κ3) is 3.02. The van der Waals surface area contributed by atoms with Gasteiger partial charge in [0.05, 0.1) is 6.61 Å². The van der Waals surface area contributed by atoms with Crippen molar-refractivity contribution in [2.75, 3.05) is 19.7 Å². The van der Waals surface area contributed by atoms with Crippen molar-refractivity contribution in [3.8, 4) is 0 Å². The molecule has 1 aliphatic rings. The zero-order valence-electron chi connectivity index (χ0n) is 13.5. The second-order valence-electron chi connectivity index (χ2n) is 5.71. The highest BCUT2D eigenvalue weighted by molar-refractivity contribution is 5.88. The van der Waals surface area contributed by atoms with Gasteiger partial charge in [-0.2, -0.15) is 0 Å². The number of esters is 1. The molecule has 1 aliphatic heterocycles. The normalized spacial score (nSPS) is 13.7. The Morgan fingerprint density at radius 3 is 2.91 bits per heavy atom. The fourth-order valence-electron chi connectivity index (χ4n) is 3.13. The summed E-state index contributed by atoms with van der Waals surface area (Å²) in [4.78, 5) is 25.4. The lowest BCUT2D eigenvalue weighted by atomic mass is 10.1. The van der Waals surface area contributed by atoms with Gasteiger partial charge in [0.15, 0.2) is 0 Å². The van der Waals surface area contributed by atoms with Crippen molar-refractivity contribution in [3.05, 3.63) is 35.5 Å². The van der Waals surface area contributed by atoms with Gasteiger partial charge < -0.3 is 19.5 Å². The maximum absolute atomic E-state index is 12.3. The molecule has 1 N–H and O–H groups in total. The van der Waals surface area contributed by atoms with E-state index in [-0.39, 0.29) is 12.6 Å². The minimum atomic E-state index is -0.415. The number of nitrogens with one attached hydrogen (secondary N) is 1. The van der Waals surface area contributed by atoms with Gasteiger partial charge in [-0.25, -0.2) is 4.79 Å². The Morgan fingerprint density at radius 1 is 1.30 bits per heavy atom. The largest absolute Gasteiger partial charge is 0.465 e. The lowest BCUT2D eigenvalue weighted by Gasteiger charge is -2.21. The SMILES string of the molecule is CCOC(=O)CNC(=O)N1CCc2cn(C)c3cccc(c23)C1. The number of benzene rings is 1. The van der Waals surface area contributed by atoms with Crippen LogP contribution in [-0.2, 0) is 29.5 Å². The van der Waals surface area contributed by atoms with E-state index < -0.39 is 5.97 Å². The summed E-state index contributed by atoms with van der Waals surface area (Å²) in [5.41, 5.74) is 3.59. The molecule has 0 fully saturated rings. The number of ether oxygens (including phenoxy) is 1. The van der Waals surface area contributed by atoms with Gasteiger partial charge >= 0.3 is 12.0 Å². The first kappa shape index (κ1) is 15.4. The van der Waals surface area contributed by atoms with Gasteiger partial charge in [0.2, 0.25) is 0 Å². The Kier molecular flexibility index (Phi) is 4.23. The summed E-state index contributed by atoms with van der Waals surface area (Å²) in [7, 11) is 2.04. The molecule has 3 rings (SSSR count). The van der Waals surface area contributed by atoms with Crippen molar-refractivity contribution in [2.24, 2.45) is 7.05 Å². The molecule has 1 aromatic carbocycles. The second-order valence-corrected chi connectivity index (χ2v) is 5.71. The van der Waals surface area contributed by atoms with Crippen LogP contribution in [0.15, 0.2) is 24.4 Å². The number of carbonyl (C=O) groups is 2. The van der Waals surface area contributed by atoms with Crippen molar-refractivity contribution in [1.29, 1.82) is 0 Å². The molecule has 0 unspecified atom stereocenters. The summed E-state index contributed by atoms with van der Waals surface area (Å²) in [6.45, 7) is 3.13. The van der Waals surface area contributed by atoms with E-state index in [1.807, 2.05) is 13.1 Å². The van der Waals surface area contributed by atoms with Crippen LogP contribution in [0.3, 0.4) is 0 Å². The number of amides is 2. The number of nitrogens with zero attached hydrogens (tertiary/aromatic N) is 2. The molecule has 2 aromatic rings. The second kappa shape index (κ2) is 6.32. The van der Waals surface area contributed by atoms with Crippen molar-refractivity contribution in [3.63, 3.8) is 0 Å². The number of hydrogen-bond acceptors (Lipinski definition) is 3. The van der Waals surface area contributed by atoms with Crippen molar-refractivity contribution in [1.82, 2.24) is 14.8 Å². The summed E-state index contributed by atoms with van der Waals surface area (Å²) >= 11 is 0. The molecular weight excluding hydrogens is 294 g/mol. The topological polar surface area (TPSA) is 63.6 Å². The molecule has 0 saturated heterocycles. The molecule has 122 valence electrons. The Bertz CT molecular complexity index is 751. The third-order valence-electron chi connectivity index (χ3n) is 4.17. The monoisotopic (exact) mass is 315 g/mol. The molecule has 2 amide bonds. The molecule has 6 nitrogen and oxygen atoms in total. The van der Waals surface area contributed by atoms with E-state index in [4.69, 9.17) is 4.74 Å². The molecule has 0 bridgehead atoms. The van der Waals surface area contributed by atoms with Crippen molar-refractivity contribution >= 4 is 22.9 Å². The first-order valence-electron chi connectivity index (χ1n) is 7.84. The zero-order valence-corrected chi connectivity index (χ0v) is 13.5. The van der Waals surface area contributed by atoms with Crippen LogP contribution >= 0.6 is 0 Å². The highest BCUT2D eigenvalue weighted by Gasteiger charge is 2.22. The number of aromatic nitrogens is 1. The third-order valence-corrected chi connectivity index (χ3v) is 4.17. The molecule has 0 radical (unpaired) electrons. The molecule has 6 heteroatoms. The van der Waals surface area contributed by atoms with Crippen LogP contribution in [0.25, 0.3) is 10.9 Å². The number of hydrogen-bond donors (Lipinski definition) is 1. The van der Waals surface area contributed by atoms with Crippen LogP contribution in [0.5, 0.6) is 0 Å². The first-order valence-corrected chi connectivity index (χ1v) is 7.84.